The van der Waals surface area contributed by atoms with Crippen molar-refractivity contribution in [2.24, 2.45) is 5.92 Å². The Morgan fingerprint density at radius 3 is 2.56 bits per heavy atom. The van der Waals surface area contributed by atoms with E-state index in [4.69, 9.17) is 9.47 Å². The number of carbonyl (C=O) groups is 2. The Labute approximate surface area is 185 Å². The molecule has 1 aliphatic rings. The number of nitrogens with zero attached hydrogens (tertiary/aromatic N) is 3. The van der Waals surface area contributed by atoms with Crippen LogP contribution in [0.2, 0.25) is 0 Å². The van der Waals surface area contributed by atoms with Crippen LogP contribution in [0.25, 0.3) is 6.08 Å². The Balaban J connectivity index is 2.09. The number of aromatic nitrogens is 1. The minimum absolute atomic E-state index is 0.0138. The van der Waals surface area contributed by atoms with Crippen molar-refractivity contribution in [3.63, 3.8) is 0 Å². The first-order valence-electron chi connectivity index (χ1n) is 10.3. The predicted molar refractivity (Wildman–Crippen MR) is 110 cm³/mol. The monoisotopic (exact) mass is 455 g/mol. The summed E-state index contributed by atoms with van der Waals surface area (Å²) >= 11 is 0. The second-order valence-electron chi connectivity index (χ2n) is 7.93. The summed E-state index contributed by atoms with van der Waals surface area (Å²) in [6, 6.07) is 2.93. The van der Waals surface area contributed by atoms with Crippen molar-refractivity contribution >= 4 is 18.0 Å². The zero-order valence-electron chi connectivity index (χ0n) is 18.7. The molecule has 0 aliphatic heterocycles. The highest BCUT2D eigenvalue weighted by atomic mass is 19.4. The number of rotatable bonds is 10. The topological polar surface area (TPSA) is 84.6 Å². The number of halogens is 3. The van der Waals surface area contributed by atoms with E-state index in [1.165, 1.54) is 6.08 Å². The van der Waals surface area contributed by atoms with Gasteiger partial charge in [-0.3, -0.25) is 4.79 Å². The van der Waals surface area contributed by atoms with Gasteiger partial charge >= 0.3 is 12.1 Å². The second kappa shape index (κ2) is 10.7. The van der Waals surface area contributed by atoms with Gasteiger partial charge < -0.3 is 18.9 Å². The molecule has 1 unspecified atom stereocenters. The lowest BCUT2D eigenvalue weighted by atomic mass is 10.1. The maximum Gasteiger partial charge on any atom is 0.406 e. The minimum Gasteiger partial charge on any atom is -0.451 e. The Morgan fingerprint density at radius 1 is 1.38 bits per heavy atom. The lowest BCUT2D eigenvalue weighted by molar-refractivity contribution is -0.170. The molecule has 1 heterocycles. The molecule has 0 spiro atoms. The summed E-state index contributed by atoms with van der Waals surface area (Å²) in [6.45, 7) is 4.07. The fourth-order valence-electron chi connectivity index (χ4n) is 3.57. The van der Waals surface area contributed by atoms with Crippen LogP contribution < -0.4 is 0 Å². The Kier molecular flexibility index (Phi) is 8.50. The van der Waals surface area contributed by atoms with Crippen LogP contribution in [0.3, 0.4) is 0 Å². The molecule has 1 fully saturated rings. The average Bonchev–Trinajstić information content (AvgIpc) is 3.53. The number of hydrogen-bond acceptors (Lipinski definition) is 5. The molecule has 7 nitrogen and oxygen atoms in total. The van der Waals surface area contributed by atoms with Crippen molar-refractivity contribution in [1.82, 2.24) is 9.47 Å². The van der Waals surface area contributed by atoms with Gasteiger partial charge in [0, 0.05) is 31.1 Å². The maximum atomic E-state index is 12.9. The zero-order chi connectivity index (χ0) is 24.1. The predicted octanol–water partition coefficient (Wildman–Crippen LogP) is 3.39. The van der Waals surface area contributed by atoms with Gasteiger partial charge in [0.25, 0.3) is 5.91 Å². The van der Waals surface area contributed by atoms with E-state index in [2.05, 4.69) is 0 Å². The lowest BCUT2D eigenvalue weighted by Crippen LogP contribution is -2.47. The summed E-state index contributed by atoms with van der Waals surface area (Å²) in [4.78, 5) is 25.4. The van der Waals surface area contributed by atoms with Crippen LogP contribution in [-0.2, 0) is 25.6 Å². The summed E-state index contributed by atoms with van der Waals surface area (Å²) in [5, 5.41) is 9.37. The highest BCUT2D eigenvalue weighted by Crippen LogP contribution is 2.36. The fraction of sp³-hybridized carbons (Fsp3) is 0.591. The van der Waals surface area contributed by atoms with Gasteiger partial charge in [0.1, 0.15) is 18.2 Å². The minimum atomic E-state index is -4.56. The largest absolute Gasteiger partial charge is 0.451 e. The van der Waals surface area contributed by atoms with Crippen molar-refractivity contribution in [3.05, 3.63) is 28.6 Å². The third-order valence-corrected chi connectivity index (χ3v) is 5.56. The first-order chi connectivity index (χ1) is 15.0. The molecule has 0 bridgehead atoms. The molecule has 1 atom stereocenters. The number of hydrogen-bond donors (Lipinski definition) is 0. The van der Waals surface area contributed by atoms with Crippen molar-refractivity contribution in [3.8, 4) is 6.07 Å². The van der Waals surface area contributed by atoms with Gasteiger partial charge in [-0.2, -0.15) is 18.4 Å². The molecule has 1 saturated carbocycles. The maximum absolute atomic E-state index is 12.9. The number of methoxy groups -OCH3 is 1. The molecule has 0 aromatic carbocycles. The van der Waals surface area contributed by atoms with Crippen LogP contribution in [0.4, 0.5) is 13.2 Å². The molecule has 0 saturated heterocycles. The smallest absolute Gasteiger partial charge is 0.406 e. The van der Waals surface area contributed by atoms with Gasteiger partial charge in [-0.1, -0.05) is 0 Å². The Morgan fingerprint density at radius 2 is 2.03 bits per heavy atom. The summed E-state index contributed by atoms with van der Waals surface area (Å²) in [6.07, 6.45) is -1.70. The number of carbonyl (C=O) groups excluding carboxylic acids is 2. The van der Waals surface area contributed by atoms with E-state index in [-0.39, 0.29) is 11.5 Å². The number of amides is 1. The number of ether oxygens (including phenoxy) is 2. The highest BCUT2D eigenvalue weighted by molar-refractivity contribution is 5.99. The van der Waals surface area contributed by atoms with Crippen molar-refractivity contribution < 1.29 is 32.2 Å². The van der Waals surface area contributed by atoms with Gasteiger partial charge in [-0.25, -0.2) is 4.79 Å². The SMILES string of the molecule is COCCn1c(C)cc(/C=C(\C#N)C(=O)OCC(=O)N(CC(F)(F)F)C(C)C2CC2)c1C. The molecule has 32 heavy (non-hydrogen) atoms. The normalized spacial score (nSPS) is 15.2. The van der Waals surface area contributed by atoms with E-state index in [9.17, 15) is 28.0 Å². The summed E-state index contributed by atoms with van der Waals surface area (Å²) in [5.41, 5.74) is 2.00. The number of alkyl halides is 3. The quantitative estimate of drug-likeness (QED) is 0.307. The standard InChI is InChI=1S/C22H28F3N3O4/c1-14-9-18(16(3)27(14)7-8-31-4)10-19(11-26)21(30)32-12-20(29)28(13-22(23,24)25)15(2)17-5-6-17/h9-10,15,17H,5-8,12-13H2,1-4H3/b19-10+. The molecule has 1 aromatic heterocycles. The third kappa shape index (κ3) is 6.85. The summed E-state index contributed by atoms with van der Waals surface area (Å²) < 4.78 is 50.7. The number of esters is 1. The third-order valence-electron chi connectivity index (χ3n) is 5.56. The molecular formula is C22H28F3N3O4. The second-order valence-corrected chi connectivity index (χ2v) is 7.93. The van der Waals surface area contributed by atoms with E-state index in [0.29, 0.717) is 23.6 Å². The Bertz CT molecular complexity index is 911. The van der Waals surface area contributed by atoms with Crippen molar-refractivity contribution in [2.45, 2.75) is 52.4 Å². The highest BCUT2D eigenvalue weighted by Gasteiger charge is 2.40. The van der Waals surface area contributed by atoms with Crippen LogP contribution in [0.1, 0.15) is 36.7 Å². The van der Waals surface area contributed by atoms with E-state index in [0.717, 1.165) is 24.2 Å². The summed E-state index contributed by atoms with van der Waals surface area (Å²) in [5.74, 6) is -1.99. The van der Waals surface area contributed by atoms with Crippen LogP contribution in [0, 0.1) is 31.1 Å². The number of nitriles is 1. The lowest BCUT2D eigenvalue weighted by Gasteiger charge is -2.30. The van der Waals surface area contributed by atoms with Gasteiger partial charge in [0.2, 0.25) is 0 Å². The van der Waals surface area contributed by atoms with Gasteiger partial charge in [-0.05, 0) is 57.2 Å². The zero-order valence-corrected chi connectivity index (χ0v) is 18.7. The fourth-order valence-corrected chi connectivity index (χ4v) is 3.57. The van der Waals surface area contributed by atoms with Crippen LogP contribution >= 0.6 is 0 Å². The van der Waals surface area contributed by atoms with Crippen LogP contribution in [-0.4, -0.2) is 60.4 Å². The van der Waals surface area contributed by atoms with Crippen LogP contribution in [0.15, 0.2) is 11.6 Å². The Hall–Kier alpha value is -2.80. The summed E-state index contributed by atoms with van der Waals surface area (Å²) in [7, 11) is 1.58. The van der Waals surface area contributed by atoms with Gasteiger partial charge in [-0.15, -0.1) is 0 Å². The first-order valence-corrected chi connectivity index (χ1v) is 10.3. The molecule has 1 amide bonds. The number of aryl methyl sites for hydroxylation is 1. The molecule has 0 N–H and O–H groups in total. The van der Waals surface area contributed by atoms with Crippen molar-refractivity contribution in [1.29, 1.82) is 5.26 Å². The van der Waals surface area contributed by atoms with E-state index >= 15 is 0 Å². The van der Waals surface area contributed by atoms with E-state index in [1.54, 1.807) is 26.2 Å². The average molecular weight is 455 g/mol. The first kappa shape index (κ1) is 25.5. The molecular weight excluding hydrogens is 427 g/mol. The van der Waals surface area contributed by atoms with Crippen molar-refractivity contribution in [2.75, 3.05) is 26.9 Å². The molecule has 2 rings (SSSR count). The van der Waals surface area contributed by atoms with Crippen LogP contribution in [0.5, 0.6) is 0 Å². The molecule has 1 aliphatic carbocycles. The molecule has 0 radical (unpaired) electrons. The molecule has 176 valence electrons. The van der Waals surface area contributed by atoms with E-state index < -0.39 is 37.2 Å². The van der Waals surface area contributed by atoms with Gasteiger partial charge in [0.05, 0.1) is 6.61 Å². The van der Waals surface area contributed by atoms with E-state index in [1.807, 2.05) is 18.4 Å². The molecule has 1 aromatic rings. The van der Waals surface area contributed by atoms with Gasteiger partial charge in [0.15, 0.2) is 6.61 Å². The molecule has 10 heteroatoms.